The van der Waals surface area contributed by atoms with E-state index in [1.165, 1.54) is 0 Å². The monoisotopic (exact) mass is 350 g/mol. The molecule has 1 aromatic rings. The van der Waals surface area contributed by atoms with Crippen molar-refractivity contribution in [2.75, 3.05) is 13.2 Å². The highest BCUT2D eigenvalue weighted by Gasteiger charge is 2.56. The van der Waals surface area contributed by atoms with Gasteiger partial charge in [0.05, 0.1) is 18.8 Å². The van der Waals surface area contributed by atoms with Crippen LogP contribution in [0.25, 0.3) is 0 Å². The molecule has 5 N–H and O–H groups in total. The Balaban J connectivity index is 2.16. The van der Waals surface area contributed by atoms with Gasteiger partial charge in [0.1, 0.15) is 11.6 Å². The van der Waals surface area contributed by atoms with Crippen LogP contribution in [0.15, 0.2) is 30.3 Å². The Bertz CT molecular complexity index is 594. The molecule has 1 heterocycles. The van der Waals surface area contributed by atoms with Crippen molar-refractivity contribution in [1.29, 1.82) is 0 Å². The van der Waals surface area contributed by atoms with Gasteiger partial charge in [0.2, 0.25) is 5.91 Å². The molecular formula is C18H26N2O5. The van der Waals surface area contributed by atoms with Crippen molar-refractivity contribution in [2.24, 2.45) is 0 Å². The fraction of sp³-hybridized carbons (Fsp3) is 0.556. The smallest absolute Gasteiger partial charge is 0.219 e. The van der Waals surface area contributed by atoms with Crippen LogP contribution in [0, 0.1) is 0 Å². The number of benzene rings is 1. The van der Waals surface area contributed by atoms with Crippen LogP contribution in [0.3, 0.4) is 0 Å². The van der Waals surface area contributed by atoms with Gasteiger partial charge >= 0.3 is 0 Å². The van der Waals surface area contributed by atoms with E-state index in [1.54, 1.807) is 6.92 Å². The fourth-order valence-corrected chi connectivity index (χ4v) is 3.16. The summed E-state index contributed by atoms with van der Waals surface area (Å²) in [5.41, 5.74) is -0.526. The Kier molecular flexibility index (Phi) is 6.66. The van der Waals surface area contributed by atoms with E-state index < -0.39 is 30.4 Å². The van der Waals surface area contributed by atoms with Gasteiger partial charge in [0, 0.05) is 19.4 Å². The number of hydrogen-bond acceptors (Lipinski definition) is 6. The zero-order chi connectivity index (χ0) is 18.4. The molecule has 4 atom stereocenters. The number of ketones is 1. The molecular weight excluding hydrogens is 324 g/mol. The minimum absolute atomic E-state index is 0.137. The number of aliphatic hydroxyl groups excluding tert-OH is 3. The molecule has 2 rings (SSSR count). The number of rotatable bonds is 8. The number of aliphatic hydroxyl groups is 3. The lowest BCUT2D eigenvalue weighted by atomic mass is 9.85. The van der Waals surface area contributed by atoms with Gasteiger partial charge in [-0.1, -0.05) is 37.3 Å². The molecule has 1 aromatic carbocycles. The highest BCUT2D eigenvalue weighted by atomic mass is 16.3. The van der Waals surface area contributed by atoms with Crippen molar-refractivity contribution in [3.63, 3.8) is 0 Å². The second-order valence-electron chi connectivity index (χ2n) is 6.38. The Hall–Kier alpha value is -1.80. The van der Waals surface area contributed by atoms with Crippen LogP contribution in [-0.4, -0.2) is 64.0 Å². The summed E-state index contributed by atoms with van der Waals surface area (Å²) in [6.07, 6.45) is -1.83. The molecule has 1 fully saturated rings. The summed E-state index contributed by atoms with van der Waals surface area (Å²) < 4.78 is 0. The van der Waals surface area contributed by atoms with Crippen molar-refractivity contribution in [2.45, 2.75) is 50.0 Å². The Morgan fingerprint density at radius 1 is 1.24 bits per heavy atom. The quantitative estimate of drug-likeness (QED) is 0.416. The Labute approximate surface area is 147 Å². The van der Waals surface area contributed by atoms with Crippen LogP contribution in [0.4, 0.5) is 0 Å². The predicted molar refractivity (Wildman–Crippen MR) is 91.8 cm³/mol. The molecule has 25 heavy (non-hydrogen) atoms. The maximum Gasteiger partial charge on any atom is 0.219 e. The van der Waals surface area contributed by atoms with Crippen molar-refractivity contribution < 1.29 is 24.9 Å². The normalized spacial score (nSPS) is 28.7. The molecule has 1 saturated heterocycles. The minimum atomic E-state index is -1.51. The molecule has 7 heteroatoms. The molecule has 0 spiro atoms. The summed E-state index contributed by atoms with van der Waals surface area (Å²) >= 11 is 0. The second kappa shape index (κ2) is 8.53. The first-order valence-corrected chi connectivity index (χ1v) is 8.53. The molecule has 0 unspecified atom stereocenters. The molecule has 1 aliphatic rings. The third-order valence-electron chi connectivity index (χ3n) is 4.75. The molecule has 0 aromatic heterocycles. The van der Waals surface area contributed by atoms with Crippen molar-refractivity contribution in [3.05, 3.63) is 35.9 Å². The van der Waals surface area contributed by atoms with E-state index in [2.05, 4.69) is 10.6 Å². The fourth-order valence-electron chi connectivity index (χ4n) is 3.16. The van der Waals surface area contributed by atoms with E-state index in [-0.39, 0.29) is 31.1 Å². The SMILES string of the molecule is CCC(=O)NC[C@@]1(C(=O)CCc2ccccc2)N[C@H](CO)[C@@H](O)[C@@H]1O. The van der Waals surface area contributed by atoms with E-state index in [0.717, 1.165) is 5.56 Å². The van der Waals surface area contributed by atoms with Gasteiger partial charge in [-0.25, -0.2) is 0 Å². The van der Waals surface area contributed by atoms with Crippen LogP contribution in [-0.2, 0) is 16.0 Å². The number of aryl methyl sites for hydroxylation is 1. The second-order valence-corrected chi connectivity index (χ2v) is 6.38. The van der Waals surface area contributed by atoms with Gasteiger partial charge in [0.25, 0.3) is 0 Å². The number of hydrogen-bond donors (Lipinski definition) is 5. The van der Waals surface area contributed by atoms with Crippen molar-refractivity contribution >= 4 is 11.7 Å². The lowest BCUT2D eigenvalue weighted by molar-refractivity contribution is -0.130. The summed E-state index contributed by atoms with van der Waals surface area (Å²) in [5.74, 6) is -0.568. The zero-order valence-electron chi connectivity index (χ0n) is 14.3. The van der Waals surface area contributed by atoms with E-state index in [0.29, 0.717) is 6.42 Å². The van der Waals surface area contributed by atoms with Crippen molar-refractivity contribution in [1.82, 2.24) is 10.6 Å². The van der Waals surface area contributed by atoms with Gasteiger partial charge in [-0.05, 0) is 12.0 Å². The number of carbonyl (C=O) groups excluding carboxylic acids is 2. The van der Waals surface area contributed by atoms with Crippen LogP contribution < -0.4 is 10.6 Å². The molecule has 1 amide bonds. The van der Waals surface area contributed by atoms with Crippen molar-refractivity contribution in [3.8, 4) is 0 Å². The van der Waals surface area contributed by atoms with Crippen LogP contribution in [0.2, 0.25) is 0 Å². The molecule has 1 aliphatic heterocycles. The van der Waals surface area contributed by atoms with Crippen LogP contribution in [0.5, 0.6) is 0 Å². The third-order valence-corrected chi connectivity index (χ3v) is 4.75. The summed E-state index contributed by atoms with van der Waals surface area (Å²) in [5, 5.41) is 35.4. The van der Waals surface area contributed by atoms with Gasteiger partial charge in [-0.15, -0.1) is 0 Å². The van der Waals surface area contributed by atoms with E-state index in [4.69, 9.17) is 0 Å². The maximum absolute atomic E-state index is 12.9. The maximum atomic E-state index is 12.9. The average molecular weight is 350 g/mol. The summed E-state index contributed by atoms with van der Waals surface area (Å²) in [7, 11) is 0. The number of carbonyl (C=O) groups is 2. The lowest BCUT2D eigenvalue weighted by Gasteiger charge is -2.32. The van der Waals surface area contributed by atoms with Gasteiger partial charge in [-0.3, -0.25) is 14.9 Å². The number of Topliss-reactive ketones (excluding diaryl/α,β-unsaturated/α-hetero) is 1. The molecule has 0 bridgehead atoms. The van der Waals surface area contributed by atoms with E-state index >= 15 is 0 Å². The van der Waals surface area contributed by atoms with Gasteiger partial charge in [-0.2, -0.15) is 0 Å². The summed E-state index contributed by atoms with van der Waals surface area (Å²) in [4.78, 5) is 24.5. The highest BCUT2D eigenvalue weighted by Crippen LogP contribution is 2.27. The van der Waals surface area contributed by atoms with Gasteiger partial charge < -0.3 is 20.6 Å². The first kappa shape index (κ1) is 19.5. The number of nitrogens with one attached hydrogen (secondary N) is 2. The standard InChI is InChI=1S/C18H26N2O5/c1-2-15(23)19-11-18(17(25)16(24)13(10-21)20-18)14(22)9-8-12-6-4-3-5-7-12/h3-7,13,16-17,20-21,24-25H,2,8-11H2,1H3,(H,19,23)/t13-,16-,17+,18+/m1/s1. The molecule has 0 saturated carbocycles. The molecule has 0 radical (unpaired) electrons. The van der Waals surface area contributed by atoms with Gasteiger partial charge in [0.15, 0.2) is 5.78 Å². The highest BCUT2D eigenvalue weighted by molar-refractivity contribution is 5.91. The topological polar surface area (TPSA) is 119 Å². The first-order chi connectivity index (χ1) is 11.9. The summed E-state index contributed by atoms with van der Waals surface area (Å²) in [6, 6.07) is 8.63. The Morgan fingerprint density at radius 3 is 2.48 bits per heavy atom. The molecule has 0 aliphatic carbocycles. The lowest BCUT2D eigenvalue weighted by Crippen LogP contribution is -2.62. The largest absolute Gasteiger partial charge is 0.395 e. The van der Waals surface area contributed by atoms with Crippen LogP contribution >= 0.6 is 0 Å². The third kappa shape index (κ3) is 4.24. The minimum Gasteiger partial charge on any atom is -0.395 e. The predicted octanol–water partition coefficient (Wildman–Crippen LogP) is -0.861. The zero-order valence-corrected chi connectivity index (χ0v) is 14.3. The Morgan fingerprint density at radius 2 is 1.92 bits per heavy atom. The average Bonchev–Trinajstić information content (AvgIpc) is 2.90. The number of amides is 1. The van der Waals surface area contributed by atoms with Crippen LogP contribution in [0.1, 0.15) is 25.3 Å². The first-order valence-electron chi connectivity index (χ1n) is 8.53. The summed E-state index contributed by atoms with van der Waals surface area (Å²) in [6.45, 7) is 1.12. The molecule has 7 nitrogen and oxygen atoms in total. The van der Waals surface area contributed by atoms with E-state index in [9.17, 15) is 24.9 Å². The van der Waals surface area contributed by atoms with E-state index in [1.807, 2.05) is 30.3 Å². The molecule has 138 valence electrons.